The number of unbranched alkanes of at least 4 members (excludes halogenated alkanes) is 12. The van der Waals surface area contributed by atoms with Crippen LogP contribution < -0.4 is 10.1 Å². The van der Waals surface area contributed by atoms with Crippen molar-refractivity contribution in [1.29, 1.82) is 0 Å². The molecule has 0 aromatic heterocycles. The van der Waals surface area contributed by atoms with Crippen LogP contribution >= 0.6 is 0 Å². The van der Waals surface area contributed by atoms with Gasteiger partial charge in [0.2, 0.25) is 5.91 Å². The lowest BCUT2D eigenvalue weighted by Gasteiger charge is -2.11. The van der Waals surface area contributed by atoms with Crippen LogP contribution in [0.4, 0.5) is 0 Å². The number of amides is 1. The molecule has 1 atom stereocenters. The third-order valence-corrected chi connectivity index (χ3v) is 7.14. The Morgan fingerprint density at radius 2 is 1.27 bits per heavy atom. The van der Waals surface area contributed by atoms with Crippen LogP contribution in [0, 0.1) is 5.92 Å². The molecule has 0 fully saturated rings. The number of hydrogen-bond acceptors (Lipinski definition) is 6. The van der Waals surface area contributed by atoms with Gasteiger partial charge < -0.3 is 25.0 Å². The van der Waals surface area contributed by atoms with E-state index in [9.17, 15) is 24.3 Å². The number of nitrogens with one attached hydrogen (secondary N) is 1. The minimum Gasteiger partial charge on any atom is -0.494 e. The first-order chi connectivity index (χ1) is 19.8. The molecule has 0 aliphatic rings. The Labute approximate surface area is 245 Å². The van der Waals surface area contributed by atoms with Crippen molar-refractivity contribution in [2.45, 2.75) is 109 Å². The van der Waals surface area contributed by atoms with Crippen LogP contribution in [0.25, 0.3) is 0 Å². The molecule has 0 aliphatic heterocycles. The highest BCUT2D eigenvalue weighted by Crippen LogP contribution is 2.17. The van der Waals surface area contributed by atoms with E-state index in [0.717, 1.165) is 32.1 Å². The number of aliphatic carboxylic acids is 1. The first-order valence-electron chi connectivity index (χ1n) is 15.3. The third-order valence-electron chi connectivity index (χ3n) is 7.14. The number of ketones is 1. The number of carbonyl (C=O) groups is 4. The van der Waals surface area contributed by atoms with E-state index in [1.807, 2.05) is 0 Å². The summed E-state index contributed by atoms with van der Waals surface area (Å²) in [6.45, 7) is 1.45. The van der Waals surface area contributed by atoms with E-state index in [1.165, 1.54) is 51.4 Å². The van der Waals surface area contributed by atoms with Crippen molar-refractivity contribution in [2.75, 3.05) is 26.9 Å². The van der Waals surface area contributed by atoms with E-state index in [4.69, 9.17) is 14.6 Å². The number of aromatic carboxylic acids is 1. The summed E-state index contributed by atoms with van der Waals surface area (Å²) < 4.78 is 10.5. The summed E-state index contributed by atoms with van der Waals surface area (Å²) in [4.78, 5) is 46.3. The van der Waals surface area contributed by atoms with Gasteiger partial charge in [0.05, 0.1) is 24.7 Å². The predicted molar refractivity (Wildman–Crippen MR) is 158 cm³/mol. The van der Waals surface area contributed by atoms with Crippen LogP contribution in [-0.2, 0) is 19.1 Å². The van der Waals surface area contributed by atoms with E-state index < -0.39 is 17.9 Å². The van der Waals surface area contributed by atoms with Crippen LogP contribution in [0.5, 0.6) is 5.75 Å². The number of Topliss-reactive ketones (excluding diaryl/α,β-unsaturated/α-hetero) is 1. The Morgan fingerprint density at radius 1 is 0.732 bits per heavy atom. The largest absolute Gasteiger partial charge is 0.494 e. The van der Waals surface area contributed by atoms with Crippen LogP contribution in [0.2, 0.25) is 0 Å². The topological polar surface area (TPSA) is 139 Å². The molecule has 9 heteroatoms. The lowest BCUT2D eigenvalue weighted by molar-refractivity contribution is -0.144. The van der Waals surface area contributed by atoms with Gasteiger partial charge in [0.15, 0.2) is 0 Å². The molecule has 0 saturated carbocycles. The number of carbonyl (C=O) groups excluding carboxylic acids is 2. The molecule has 41 heavy (non-hydrogen) atoms. The van der Waals surface area contributed by atoms with Gasteiger partial charge in [-0.3, -0.25) is 14.4 Å². The number of methoxy groups -OCH3 is 1. The Kier molecular flexibility index (Phi) is 20.9. The van der Waals surface area contributed by atoms with Crippen LogP contribution in [0.3, 0.4) is 0 Å². The van der Waals surface area contributed by atoms with Gasteiger partial charge >= 0.3 is 11.9 Å². The molecular weight excluding hydrogens is 526 g/mol. The van der Waals surface area contributed by atoms with Gasteiger partial charge in [0.1, 0.15) is 11.5 Å². The van der Waals surface area contributed by atoms with Crippen LogP contribution in [0.1, 0.15) is 120 Å². The van der Waals surface area contributed by atoms with Crippen LogP contribution in [0.15, 0.2) is 24.3 Å². The highest BCUT2D eigenvalue weighted by molar-refractivity contribution is 5.87. The maximum Gasteiger partial charge on any atom is 0.335 e. The maximum atomic E-state index is 12.2. The van der Waals surface area contributed by atoms with Gasteiger partial charge in [-0.1, -0.05) is 70.6 Å². The summed E-state index contributed by atoms with van der Waals surface area (Å²) >= 11 is 0. The van der Waals surface area contributed by atoms with Crippen molar-refractivity contribution in [3.63, 3.8) is 0 Å². The monoisotopic (exact) mass is 577 g/mol. The second-order valence-electron chi connectivity index (χ2n) is 10.7. The molecule has 232 valence electrons. The molecule has 1 aromatic carbocycles. The molecule has 0 unspecified atom stereocenters. The van der Waals surface area contributed by atoms with Crippen molar-refractivity contribution >= 4 is 23.6 Å². The standard InChI is InChI=1S/C32H51NO8/c1-40-24-22-33-30(35)21-18-27(32(38)39)25-28(34)15-13-11-9-7-5-3-2-4-6-8-10-12-14-23-41-29-19-16-26(17-20-29)31(36)37/h16-17,19-20,27H,2-15,18,21-25H2,1H3,(H,33,35)(H,36,37)(H,38,39)/t27-/m1/s1. The van der Waals surface area contributed by atoms with Gasteiger partial charge in [-0.25, -0.2) is 4.79 Å². The zero-order chi connectivity index (χ0) is 30.1. The van der Waals surface area contributed by atoms with Gasteiger partial charge in [-0.05, 0) is 43.5 Å². The fourth-order valence-corrected chi connectivity index (χ4v) is 4.63. The van der Waals surface area contributed by atoms with E-state index in [-0.39, 0.29) is 36.5 Å². The number of benzene rings is 1. The van der Waals surface area contributed by atoms with Gasteiger partial charge in [0, 0.05) is 32.9 Å². The Balaban J connectivity index is 1.91. The van der Waals surface area contributed by atoms with E-state index in [2.05, 4.69) is 5.32 Å². The fourth-order valence-electron chi connectivity index (χ4n) is 4.63. The van der Waals surface area contributed by atoms with Gasteiger partial charge in [0.25, 0.3) is 0 Å². The van der Waals surface area contributed by atoms with Crippen molar-refractivity contribution in [2.24, 2.45) is 5.92 Å². The quantitative estimate of drug-likeness (QED) is 0.102. The second-order valence-corrected chi connectivity index (χ2v) is 10.7. The number of ether oxygens (including phenoxy) is 2. The molecule has 1 amide bonds. The summed E-state index contributed by atoms with van der Waals surface area (Å²) in [6.07, 6.45) is 15.6. The zero-order valence-corrected chi connectivity index (χ0v) is 24.9. The molecule has 0 bridgehead atoms. The second kappa shape index (κ2) is 23.7. The molecule has 0 spiro atoms. The minimum atomic E-state index is -1.02. The zero-order valence-electron chi connectivity index (χ0n) is 24.9. The summed E-state index contributed by atoms with van der Waals surface area (Å²) in [6, 6.07) is 6.51. The molecule has 0 radical (unpaired) electrons. The average molecular weight is 578 g/mol. The summed E-state index contributed by atoms with van der Waals surface area (Å²) in [5, 5.41) is 21.0. The predicted octanol–water partition coefficient (Wildman–Crippen LogP) is 6.43. The molecule has 3 N–H and O–H groups in total. The van der Waals surface area contributed by atoms with Crippen LogP contribution in [-0.4, -0.2) is 60.7 Å². The summed E-state index contributed by atoms with van der Waals surface area (Å²) in [5.74, 6) is -2.29. The van der Waals surface area contributed by atoms with E-state index >= 15 is 0 Å². The number of carboxylic acids is 2. The Morgan fingerprint density at radius 3 is 1.78 bits per heavy atom. The van der Waals surface area contributed by atoms with Gasteiger partial charge in [-0.15, -0.1) is 0 Å². The Hall–Kier alpha value is -2.94. The molecule has 0 aliphatic carbocycles. The highest BCUT2D eigenvalue weighted by atomic mass is 16.5. The average Bonchev–Trinajstić information content (AvgIpc) is 2.95. The molecule has 1 aromatic rings. The summed E-state index contributed by atoms with van der Waals surface area (Å²) in [5.41, 5.74) is 0.265. The third kappa shape index (κ3) is 19.7. The number of hydrogen-bond donors (Lipinski definition) is 3. The smallest absolute Gasteiger partial charge is 0.335 e. The van der Waals surface area contributed by atoms with E-state index in [1.54, 1.807) is 31.4 Å². The molecule has 1 rings (SSSR count). The number of carboxylic acid groups (broad SMARTS) is 2. The highest BCUT2D eigenvalue weighted by Gasteiger charge is 2.22. The minimum absolute atomic E-state index is 0.000966. The number of rotatable bonds is 27. The molecule has 0 heterocycles. The van der Waals surface area contributed by atoms with Crippen molar-refractivity contribution in [3.05, 3.63) is 29.8 Å². The van der Waals surface area contributed by atoms with E-state index in [0.29, 0.717) is 31.9 Å². The molecule has 9 nitrogen and oxygen atoms in total. The van der Waals surface area contributed by atoms with Crippen molar-refractivity contribution in [3.8, 4) is 5.75 Å². The fraction of sp³-hybridized carbons (Fsp3) is 0.688. The SMILES string of the molecule is COCCNC(=O)CC[C@H](CC(=O)CCCCCCCCCCCCCCCOc1ccc(C(=O)O)cc1)C(=O)O. The molecular formula is C32H51NO8. The van der Waals surface area contributed by atoms with Crippen molar-refractivity contribution < 1.29 is 38.9 Å². The molecule has 0 saturated heterocycles. The van der Waals surface area contributed by atoms with Crippen molar-refractivity contribution in [1.82, 2.24) is 5.32 Å². The normalized spacial score (nSPS) is 11.6. The first kappa shape index (κ1) is 36.1. The Bertz CT molecular complexity index is 871. The summed E-state index contributed by atoms with van der Waals surface area (Å²) in [7, 11) is 1.54. The lowest BCUT2D eigenvalue weighted by atomic mass is 9.94. The lowest BCUT2D eigenvalue weighted by Crippen LogP contribution is -2.28. The maximum absolute atomic E-state index is 12.2. The van der Waals surface area contributed by atoms with Gasteiger partial charge in [-0.2, -0.15) is 0 Å². The first-order valence-corrected chi connectivity index (χ1v) is 15.3.